The number of carbonyl (C=O) groups excluding carboxylic acids is 1. The van der Waals surface area contributed by atoms with Gasteiger partial charge in [-0.2, -0.15) is 0 Å². The Hall–Kier alpha value is -1.51. The summed E-state index contributed by atoms with van der Waals surface area (Å²) < 4.78 is 0. The van der Waals surface area contributed by atoms with Crippen molar-refractivity contribution in [2.75, 3.05) is 6.54 Å². The molecule has 0 atom stereocenters. The van der Waals surface area contributed by atoms with E-state index in [4.69, 9.17) is 0 Å². The quantitative estimate of drug-likeness (QED) is 0.861. The SMILES string of the molecule is Cc1cc(C(=O)NCC(C)(C)C(C)C)ccc1O. The lowest BCUT2D eigenvalue weighted by Crippen LogP contribution is -2.36. The van der Waals surface area contributed by atoms with Gasteiger partial charge in [-0.05, 0) is 42.0 Å². The molecule has 1 aromatic carbocycles. The zero-order chi connectivity index (χ0) is 13.9. The van der Waals surface area contributed by atoms with Crippen molar-refractivity contribution < 1.29 is 9.90 Å². The lowest BCUT2D eigenvalue weighted by atomic mass is 9.81. The van der Waals surface area contributed by atoms with Gasteiger partial charge < -0.3 is 10.4 Å². The van der Waals surface area contributed by atoms with Crippen LogP contribution < -0.4 is 5.32 Å². The Bertz CT molecular complexity index is 436. The standard InChI is InChI=1S/C15H23NO2/c1-10(2)15(4,5)9-16-14(18)12-6-7-13(17)11(3)8-12/h6-8,10,17H,9H2,1-5H3,(H,16,18). The van der Waals surface area contributed by atoms with E-state index in [0.29, 0.717) is 23.6 Å². The van der Waals surface area contributed by atoms with Crippen LogP contribution in [0, 0.1) is 18.3 Å². The van der Waals surface area contributed by atoms with Crippen molar-refractivity contribution >= 4 is 5.91 Å². The second-order valence-electron chi connectivity index (χ2n) is 5.83. The van der Waals surface area contributed by atoms with Crippen molar-refractivity contribution in [2.45, 2.75) is 34.6 Å². The molecular formula is C15H23NO2. The Kier molecular flexibility index (Phi) is 4.38. The van der Waals surface area contributed by atoms with Crippen molar-refractivity contribution in [3.63, 3.8) is 0 Å². The predicted molar refractivity (Wildman–Crippen MR) is 73.8 cm³/mol. The number of aromatic hydroxyl groups is 1. The van der Waals surface area contributed by atoms with Crippen LogP contribution in [0.1, 0.15) is 43.6 Å². The molecule has 100 valence electrons. The first-order valence-corrected chi connectivity index (χ1v) is 6.32. The summed E-state index contributed by atoms with van der Waals surface area (Å²) in [5.74, 6) is 0.625. The minimum Gasteiger partial charge on any atom is -0.508 e. The number of rotatable bonds is 4. The summed E-state index contributed by atoms with van der Waals surface area (Å²) in [6, 6.07) is 4.89. The molecule has 1 rings (SSSR count). The second-order valence-corrected chi connectivity index (χ2v) is 5.83. The molecule has 0 aliphatic heterocycles. The first-order chi connectivity index (χ1) is 8.24. The molecule has 1 amide bonds. The number of benzene rings is 1. The fourth-order valence-corrected chi connectivity index (χ4v) is 1.41. The summed E-state index contributed by atoms with van der Waals surface area (Å²) >= 11 is 0. The Morgan fingerprint density at radius 1 is 1.39 bits per heavy atom. The third-order valence-electron chi connectivity index (χ3n) is 3.73. The van der Waals surface area contributed by atoms with Gasteiger partial charge in [-0.25, -0.2) is 0 Å². The van der Waals surface area contributed by atoms with Crippen molar-refractivity contribution in [1.82, 2.24) is 5.32 Å². The van der Waals surface area contributed by atoms with Gasteiger partial charge in [0.15, 0.2) is 0 Å². The zero-order valence-corrected chi connectivity index (χ0v) is 11.9. The maximum absolute atomic E-state index is 12.0. The molecule has 0 saturated heterocycles. The molecule has 0 saturated carbocycles. The molecular weight excluding hydrogens is 226 g/mol. The van der Waals surface area contributed by atoms with Gasteiger partial charge in [0.05, 0.1) is 0 Å². The van der Waals surface area contributed by atoms with E-state index >= 15 is 0 Å². The van der Waals surface area contributed by atoms with E-state index in [1.165, 1.54) is 0 Å². The van der Waals surface area contributed by atoms with E-state index in [-0.39, 0.29) is 17.1 Å². The van der Waals surface area contributed by atoms with Gasteiger partial charge in [0.25, 0.3) is 5.91 Å². The number of carbonyl (C=O) groups is 1. The number of hydrogen-bond acceptors (Lipinski definition) is 2. The molecule has 0 unspecified atom stereocenters. The summed E-state index contributed by atoms with van der Waals surface area (Å²) in [4.78, 5) is 12.0. The number of nitrogens with one attached hydrogen (secondary N) is 1. The van der Waals surface area contributed by atoms with Gasteiger partial charge in [0, 0.05) is 12.1 Å². The van der Waals surface area contributed by atoms with Crippen LogP contribution in [0.2, 0.25) is 0 Å². The third kappa shape index (κ3) is 3.49. The predicted octanol–water partition coefficient (Wildman–Crippen LogP) is 3.11. The highest BCUT2D eigenvalue weighted by atomic mass is 16.3. The summed E-state index contributed by atoms with van der Waals surface area (Å²) in [7, 11) is 0. The smallest absolute Gasteiger partial charge is 0.251 e. The molecule has 0 spiro atoms. The fraction of sp³-hybridized carbons (Fsp3) is 0.533. The zero-order valence-electron chi connectivity index (χ0n) is 11.9. The lowest BCUT2D eigenvalue weighted by Gasteiger charge is -2.29. The van der Waals surface area contributed by atoms with Crippen molar-refractivity contribution in [1.29, 1.82) is 0 Å². The maximum Gasteiger partial charge on any atom is 0.251 e. The molecule has 2 N–H and O–H groups in total. The van der Waals surface area contributed by atoms with Gasteiger partial charge in [0.1, 0.15) is 5.75 Å². The summed E-state index contributed by atoms with van der Waals surface area (Å²) in [6.45, 7) is 11.0. The molecule has 3 heteroatoms. The maximum atomic E-state index is 12.0. The Labute approximate surface area is 109 Å². The van der Waals surface area contributed by atoms with Crippen LogP contribution in [-0.2, 0) is 0 Å². The van der Waals surface area contributed by atoms with Crippen LogP contribution in [0.15, 0.2) is 18.2 Å². The average molecular weight is 249 g/mol. The molecule has 18 heavy (non-hydrogen) atoms. The van der Waals surface area contributed by atoms with E-state index in [1.54, 1.807) is 25.1 Å². The minimum atomic E-state index is -0.0909. The largest absolute Gasteiger partial charge is 0.508 e. The Balaban J connectivity index is 2.69. The fourth-order valence-electron chi connectivity index (χ4n) is 1.41. The van der Waals surface area contributed by atoms with Gasteiger partial charge in [0.2, 0.25) is 0 Å². The Morgan fingerprint density at radius 3 is 2.50 bits per heavy atom. The highest BCUT2D eigenvalue weighted by Gasteiger charge is 2.23. The topological polar surface area (TPSA) is 49.3 Å². The van der Waals surface area contributed by atoms with Crippen molar-refractivity contribution in [2.24, 2.45) is 11.3 Å². The van der Waals surface area contributed by atoms with Crippen LogP contribution in [0.5, 0.6) is 5.75 Å². The molecule has 3 nitrogen and oxygen atoms in total. The number of phenols is 1. The molecule has 0 bridgehead atoms. The molecule has 0 radical (unpaired) electrons. The molecule has 0 fully saturated rings. The van der Waals surface area contributed by atoms with Gasteiger partial charge >= 0.3 is 0 Å². The summed E-state index contributed by atoms with van der Waals surface area (Å²) in [5, 5.41) is 12.4. The van der Waals surface area contributed by atoms with Crippen molar-refractivity contribution in [3.05, 3.63) is 29.3 Å². The third-order valence-corrected chi connectivity index (χ3v) is 3.73. The molecule has 1 aromatic rings. The van der Waals surface area contributed by atoms with Crippen LogP contribution in [0.25, 0.3) is 0 Å². The highest BCUT2D eigenvalue weighted by molar-refractivity contribution is 5.94. The summed E-state index contributed by atoms with van der Waals surface area (Å²) in [5.41, 5.74) is 1.37. The molecule has 0 aliphatic carbocycles. The first-order valence-electron chi connectivity index (χ1n) is 6.32. The highest BCUT2D eigenvalue weighted by Crippen LogP contribution is 2.25. The van der Waals surface area contributed by atoms with Crippen LogP contribution in [0.3, 0.4) is 0 Å². The number of amides is 1. The second kappa shape index (κ2) is 5.42. The van der Waals surface area contributed by atoms with Crippen LogP contribution in [0.4, 0.5) is 0 Å². The monoisotopic (exact) mass is 249 g/mol. The normalized spacial score (nSPS) is 11.7. The molecule has 0 heterocycles. The van der Waals surface area contributed by atoms with Crippen LogP contribution in [-0.4, -0.2) is 17.6 Å². The minimum absolute atomic E-state index is 0.0711. The van der Waals surface area contributed by atoms with E-state index in [1.807, 2.05) is 0 Å². The van der Waals surface area contributed by atoms with Gasteiger partial charge in [-0.3, -0.25) is 4.79 Å². The first kappa shape index (κ1) is 14.6. The van der Waals surface area contributed by atoms with Crippen LogP contribution >= 0.6 is 0 Å². The number of phenolic OH excluding ortho intramolecular Hbond substituents is 1. The number of aryl methyl sites for hydroxylation is 1. The van der Waals surface area contributed by atoms with Gasteiger partial charge in [-0.15, -0.1) is 0 Å². The van der Waals surface area contributed by atoms with Crippen molar-refractivity contribution in [3.8, 4) is 5.75 Å². The van der Waals surface area contributed by atoms with E-state index in [2.05, 4.69) is 33.0 Å². The summed E-state index contributed by atoms with van der Waals surface area (Å²) in [6.07, 6.45) is 0. The van der Waals surface area contributed by atoms with E-state index < -0.39 is 0 Å². The molecule has 0 aliphatic rings. The van der Waals surface area contributed by atoms with E-state index in [9.17, 15) is 9.90 Å². The van der Waals surface area contributed by atoms with Gasteiger partial charge in [-0.1, -0.05) is 27.7 Å². The Morgan fingerprint density at radius 2 is 2.00 bits per heavy atom. The lowest BCUT2D eigenvalue weighted by molar-refractivity contribution is 0.0924. The number of hydrogen-bond donors (Lipinski definition) is 2. The average Bonchev–Trinajstić information content (AvgIpc) is 2.29. The molecule has 0 aromatic heterocycles. The van der Waals surface area contributed by atoms with E-state index in [0.717, 1.165) is 0 Å².